The summed E-state index contributed by atoms with van der Waals surface area (Å²) in [6.07, 6.45) is 0. The second-order valence-electron chi connectivity index (χ2n) is 11.8. The molecule has 11 rings (SSSR count). The lowest BCUT2D eigenvalue weighted by Gasteiger charge is -2.27. The smallest absolute Gasteiger partial charge is 0.0652 e. The van der Waals surface area contributed by atoms with Crippen molar-refractivity contribution in [1.29, 1.82) is 0 Å². The number of para-hydroxylation sites is 3. The van der Waals surface area contributed by atoms with Gasteiger partial charge in [0.05, 0.1) is 66.1 Å². The summed E-state index contributed by atoms with van der Waals surface area (Å²) < 4.78 is 329. The van der Waals surface area contributed by atoms with E-state index in [1.54, 1.807) is 0 Å². The Kier molecular flexibility index (Phi) is 3.13. The molecule has 0 saturated heterocycles. The zero-order valence-electron chi connectivity index (χ0n) is 64.3. The summed E-state index contributed by atoms with van der Waals surface area (Å²) in [6.45, 7) is 0. The summed E-state index contributed by atoms with van der Waals surface area (Å²) >= 11 is 0.376. The zero-order chi connectivity index (χ0) is 69.0. The molecule has 0 aliphatic rings. The van der Waals surface area contributed by atoms with Crippen molar-refractivity contribution in [1.82, 2.24) is 4.57 Å². The van der Waals surface area contributed by atoms with E-state index in [9.17, 15) is 21.9 Å². The number of rotatable bonds is 7. The van der Waals surface area contributed by atoms with E-state index in [4.69, 9.17) is 27.4 Å². The fraction of sp³-hybridized carbons (Fsp3) is 0. The van der Waals surface area contributed by atoms with E-state index >= 15 is 0 Å². The number of anilines is 3. The van der Waals surface area contributed by atoms with Crippen molar-refractivity contribution < 1.29 is 49.3 Å². The molecule has 0 aliphatic carbocycles. The first-order chi connectivity index (χ1) is 43.3. The highest BCUT2D eigenvalue weighted by Gasteiger charge is 2.22. The van der Waals surface area contributed by atoms with Crippen molar-refractivity contribution in [2.75, 3.05) is 4.90 Å². The van der Waals surface area contributed by atoms with Gasteiger partial charge in [-0.25, -0.2) is 0 Å². The topological polar surface area (TPSA) is 8.17 Å². The first-order valence-electron chi connectivity index (χ1n) is 34.5. The van der Waals surface area contributed by atoms with Crippen molar-refractivity contribution in [3.63, 3.8) is 0 Å². The Bertz CT molecular complexity index is 5030. The van der Waals surface area contributed by atoms with E-state index in [-0.39, 0.29) is 4.90 Å². The number of fused-ring (bicyclic) bond motifs is 6. The number of aromatic nitrogens is 1. The highest BCUT2D eigenvalue weighted by molar-refractivity contribution is 7.26. The molecule has 2 heterocycles. The molecule has 2 nitrogen and oxygen atoms in total. The van der Waals surface area contributed by atoms with E-state index in [1.165, 1.54) is 0 Å². The second-order valence-corrected chi connectivity index (χ2v) is 12.8. The highest BCUT2D eigenvalue weighted by atomic mass is 32.1. The molecular weight excluding hydrogens is 709 g/mol. The molecule has 0 N–H and O–H groups in total. The van der Waals surface area contributed by atoms with Crippen LogP contribution in [0.1, 0.15) is 49.3 Å². The number of benzene rings is 9. The first kappa shape index (κ1) is 12.9. The Morgan fingerprint density at radius 1 is 0.368 bits per heavy atom. The SMILES string of the molecule is [2H]c1c([2H])c([2H])c(-c2c([2H])c([2H])c(N(c3c([2H])c([2H])c(-c4c([2H])c([2H])c([2H])c([2H])c4[2H])c([2H])c3[2H])c3c([2H])c(-c4c([2H])c([2H])c([2H])c([2H])c4-n4c5c([2H])c([2H])c([2H])c([2H])c5c5c([2H])c([2H])c([2H])c([2H])c54)c4sc5c([2H])c([2H])c([2H])c([2H])c5c4c3[2H])c([2H])c2[2H])c([2H])c1[2H]. The van der Waals surface area contributed by atoms with E-state index in [0.29, 0.717) is 15.9 Å². The molecule has 0 spiro atoms. The van der Waals surface area contributed by atoms with Gasteiger partial charge in [0.2, 0.25) is 0 Å². The van der Waals surface area contributed by atoms with Crippen molar-refractivity contribution in [3.05, 3.63) is 218 Å². The molecule has 0 unspecified atom stereocenters. The number of hydrogen-bond donors (Lipinski definition) is 0. The summed E-state index contributed by atoms with van der Waals surface area (Å²) in [5.41, 5.74) is -12.0. The molecule has 57 heavy (non-hydrogen) atoms. The Morgan fingerprint density at radius 2 is 0.842 bits per heavy atom. The molecule has 0 saturated carbocycles. The van der Waals surface area contributed by atoms with Gasteiger partial charge in [-0.3, -0.25) is 0 Å². The van der Waals surface area contributed by atoms with Crippen LogP contribution in [0, 0.1) is 0 Å². The monoisotopic (exact) mass is 780 g/mol. The van der Waals surface area contributed by atoms with Gasteiger partial charge in [-0.15, -0.1) is 11.3 Å². The van der Waals surface area contributed by atoms with Crippen LogP contribution in [0.4, 0.5) is 17.1 Å². The third-order valence-electron chi connectivity index (χ3n) is 8.62. The summed E-state index contributed by atoms with van der Waals surface area (Å²) in [7, 11) is 0. The molecule has 0 bridgehead atoms. The lowest BCUT2D eigenvalue weighted by atomic mass is 9.98. The first-order valence-corrected chi connectivity index (χ1v) is 17.3. The number of thiophene rings is 1. The third-order valence-corrected chi connectivity index (χ3v) is 9.74. The van der Waals surface area contributed by atoms with Crippen LogP contribution >= 0.6 is 11.3 Å². The quantitative estimate of drug-likeness (QED) is 0.156. The predicted molar refractivity (Wildman–Crippen MR) is 245 cm³/mol. The third kappa shape index (κ3) is 5.71. The molecule has 0 amide bonds. The van der Waals surface area contributed by atoms with E-state index in [1.807, 2.05) is 0 Å². The predicted octanol–water partition coefficient (Wildman–Crippen LogP) is 15.6. The normalized spacial score (nSPS) is 20.4. The van der Waals surface area contributed by atoms with Gasteiger partial charge in [-0.1, -0.05) is 157 Å². The Hall–Kier alpha value is -7.20. The standard InChI is InChI=1S/C54H36N2S/c1-3-15-37(16-4-1)39-27-31-41(32-28-39)55(42-33-29-40(30-34-42)38-17-5-2-6-18-38)43-35-48(54-49(36-43)47-22-10-14-26-53(47)57-54)46-21-9-13-25-52(46)56-50-23-11-7-19-44(50)45-20-8-12-24-51(45)56/h1-36H/i1D,2D,3D,4D,5D,6D,7D,8D,9D,10D,11D,12D,13D,14D,15D,16D,17D,18D,19D,20D,21D,22D,23D,24D,25D,26D,27D,28D,29D,30D,31D,32D,33D,34D,35D,36D. The van der Waals surface area contributed by atoms with Gasteiger partial charge in [-0.2, -0.15) is 0 Å². The van der Waals surface area contributed by atoms with Gasteiger partial charge in [0, 0.05) is 59.1 Å². The average Bonchev–Trinajstić information content (AvgIpc) is 1.61. The largest absolute Gasteiger partial charge is 0.310 e. The molecule has 268 valence electrons. The summed E-state index contributed by atoms with van der Waals surface area (Å²) in [4.78, 5) is 0.278. The lowest BCUT2D eigenvalue weighted by Crippen LogP contribution is -2.10. The van der Waals surface area contributed by atoms with Gasteiger partial charge < -0.3 is 9.47 Å². The molecule has 2 aromatic heterocycles. The Labute approximate surface area is 386 Å². The molecule has 0 radical (unpaired) electrons. The van der Waals surface area contributed by atoms with Gasteiger partial charge in [0.15, 0.2) is 0 Å². The molecule has 0 atom stereocenters. The van der Waals surface area contributed by atoms with Crippen LogP contribution in [0.25, 0.3) is 81.0 Å². The van der Waals surface area contributed by atoms with Crippen molar-refractivity contribution in [2.24, 2.45) is 0 Å². The molecule has 9 aromatic carbocycles. The highest BCUT2D eigenvalue weighted by Crippen LogP contribution is 2.47. The number of nitrogens with zero attached hydrogens (tertiary/aromatic N) is 2. The lowest BCUT2D eigenvalue weighted by molar-refractivity contribution is 1.18. The second kappa shape index (κ2) is 13.8. The van der Waals surface area contributed by atoms with Gasteiger partial charge >= 0.3 is 0 Å². The maximum Gasteiger partial charge on any atom is 0.0652 e. The zero-order valence-corrected chi connectivity index (χ0v) is 29.1. The minimum absolute atomic E-state index is 0.278. The van der Waals surface area contributed by atoms with Crippen molar-refractivity contribution in [2.45, 2.75) is 0 Å². The molecule has 0 aliphatic heterocycles. The average molecular weight is 781 g/mol. The van der Waals surface area contributed by atoms with Crippen LogP contribution in [-0.2, 0) is 0 Å². The minimum atomic E-state index is -1.38. The summed E-state index contributed by atoms with van der Waals surface area (Å²) in [6, 6.07) is -39.2. The summed E-state index contributed by atoms with van der Waals surface area (Å²) in [5, 5.41) is -2.58. The van der Waals surface area contributed by atoms with Crippen molar-refractivity contribution >= 4 is 70.4 Å². The Morgan fingerprint density at radius 3 is 1.44 bits per heavy atom. The van der Waals surface area contributed by atoms with Crippen LogP contribution in [0.5, 0.6) is 0 Å². The van der Waals surface area contributed by atoms with Gasteiger partial charge in [0.25, 0.3) is 0 Å². The van der Waals surface area contributed by atoms with E-state index in [0.717, 1.165) is 0 Å². The van der Waals surface area contributed by atoms with Crippen LogP contribution in [0.2, 0.25) is 0 Å². The summed E-state index contributed by atoms with van der Waals surface area (Å²) in [5.74, 6) is 0. The maximum atomic E-state index is 10.6. The van der Waals surface area contributed by atoms with Crippen LogP contribution in [0.3, 0.4) is 0 Å². The fourth-order valence-corrected chi connectivity index (χ4v) is 7.27. The van der Waals surface area contributed by atoms with Crippen molar-refractivity contribution in [3.8, 4) is 39.1 Å². The molecule has 11 aromatic rings. The van der Waals surface area contributed by atoms with E-state index in [2.05, 4.69) is 0 Å². The van der Waals surface area contributed by atoms with Crippen LogP contribution < -0.4 is 4.90 Å². The van der Waals surface area contributed by atoms with Gasteiger partial charge in [-0.05, 0) is 82.7 Å². The van der Waals surface area contributed by atoms with Crippen LogP contribution in [0.15, 0.2) is 218 Å². The molecule has 3 heteroatoms. The molecular formula is C54H36N2S. The van der Waals surface area contributed by atoms with Gasteiger partial charge in [0.1, 0.15) is 0 Å². The fourth-order valence-electron chi connectivity index (χ4n) is 6.20. The van der Waals surface area contributed by atoms with E-state index < -0.39 is 316 Å². The Balaban J connectivity index is 1.45. The maximum absolute atomic E-state index is 10.6. The molecule has 0 fully saturated rings. The minimum Gasteiger partial charge on any atom is -0.310 e. The van der Waals surface area contributed by atoms with Crippen LogP contribution in [-0.4, -0.2) is 4.57 Å². The number of hydrogen-bond acceptors (Lipinski definition) is 2.